The summed E-state index contributed by atoms with van der Waals surface area (Å²) in [5, 5.41) is 19.9. The molecule has 1 heterocycles. The summed E-state index contributed by atoms with van der Waals surface area (Å²) < 4.78 is 5.06. The summed E-state index contributed by atoms with van der Waals surface area (Å²) in [5.41, 5.74) is -1.36. The third-order valence-corrected chi connectivity index (χ3v) is 2.06. The zero-order valence-corrected chi connectivity index (χ0v) is 10.8. The van der Waals surface area contributed by atoms with E-state index in [0.29, 0.717) is 0 Å². The summed E-state index contributed by atoms with van der Waals surface area (Å²) in [6.45, 7) is 4.94. The van der Waals surface area contributed by atoms with Crippen molar-refractivity contribution >= 4 is 11.7 Å². The Kier molecular flexibility index (Phi) is 4.17. The van der Waals surface area contributed by atoms with Crippen LogP contribution in [0.15, 0.2) is 18.3 Å². The maximum absolute atomic E-state index is 11.9. The minimum atomic E-state index is -1.42. The number of hydrogen-bond donors (Lipinski definition) is 0. The fourth-order valence-corrected chi connectivity index (χ4v) is 1.37. The highest BCUT2D eigenvalue weighted by atomic mass is 16.6. The van der Waals surface area contributed by atoms with Crippen molar-refractivity contribution in [3.8, 4) is 6.07 Å². The monoisotopic (exact) mass is 263 g/mol. The zero-order valence-electron chi connectivity index (χ0n) is 10.8. The van der Waals surface area contributed by atoms with Crippen molar-refractivity contribution in [2.24, 2.45) is 0 Å². The number of nitro groups is 1. The molecule has 0 bridgehead atoms. The lowest BCUT2D eigenvalue weighted by atomic mass is 10.0. The normalized spacial score (nSPS) is 12.3. The number of esters is 1. The average molecular weight is 263 g/mol. The van der Waals surface area contributed by atoms with Gasteiger partial charge in [-0.2, -0.15) is 5.26 Å². The van der Waals surface area contributed by atoms with Gasteiger partial charge in [0.15, 0.2) is 5.92 Å². The predicted octanol–water partition coefficient (Wildman–Crippen LogP) is 1.94. The van der Waals surface area contributed by atoms with E-state index in [2.05, 4.69) is 4.98 Å². The van der Waals surface area contributed by atoms with Crippen LogP contribution in [-0.2, 0) is 9.53 Å². The summed E-state index contributed by atoms with van der Waals surface area (Å²) in [6, 6.07) is 4.25. The van der Waals surface area contributed by atoms with Gasteiger partial charge < -0.3 is 4.74 Å². The molecule has 1 rings (SSSR count). The van der Waals surface area contributed by atoms with Crippen molar-refractivity contribution in [1.29, 1.82) is 5.26 Å². The molecule has 0 amide bonds. The van der Waals surface area contributed by atoms with Crippen LogP contribution in [0, 0.1) is 21.4 Å². The molecule has 0 aliphatic rings. The van der Waals surface area contributed by atoms with Crippen LogP contribution in [-0.4, -0.2) is 21.5 Å². The highest BCUT2D eigenvalue weighted by Gasteiger charge is 2.32. The molecule has 0 saturated carbocycles. The van der Waals surface area contributed by atoms with Crippen molar-refractivity contribution in [2.45, 2.75) is 32.3 Å². The van der Waals surface area contributed by atoms with Crippen LogP contribution in [0.4, 0.5) is 5.69 Å². The van der Waals surface area contributed by atoms with Crippen molar-refractivity contribution in [2.75, 3.05) is 0 Å². The van der Waals surface area contributed by atoms with Gasteiger partial charge in [0.05, 0.1) is 11.0 Å². The first-order chi connectivity index (χ1) is 8.76. The first kappa shape index (κ1) is 14.6. The van der Waals surface area contributed by atoms with Crippen LogP contribution in [0.5, 0.6) is 0 Å². The summed E-state index contributed by atoms with van der Waals surface area (Å²) in [7, 11) is 0. The molecule has 0 saturated heterocycles. The molecule has 1 aromatic heterocycles. The van der Waals surface area contributed by atoms with E-state index in [1.165, 1.54) is 18.3 Å². The number of hydrogen-bond acceptors (Lipinski definition) is 6. The number of carbonyl (C=O) groups excluding carboxylic acids is 1. The van der Waals surface area contributed by atoms with Crippen LogP contribution in [0.25, 0.3) is 0 Å². The maximum Gasteiger partial charge on any atom is 0.330 e. The Hall–Kier alpha value is -2.49. The molecule has 0 spiro atoms. The first-order valence-electron chi connectivity index (χ1n) is 5.48. The van der Waals surface area contributed by atoms with Gasteiger partial charge in [-0.05, 0) is 26.8 Å². The van der Waals surface area contributed by atoms with Gasteiger partial charge in [-0.25, -0.2) is 0 Å². The number of pyridine rings is 1. The molecule has 0 fully saturated rings. The molecule has 1 aromatic rings. The number of ether oxygens (including phenoxy) is 1. The lowest BCUT2D eigenvalue weighted by Crippen LogP contribution is -2.28. The molecule has 1 atom stereocenters. The largest absolute Gasteiger partial charge is 0.459 e. The topological polar surface area (TPSA) is 106 Å². The Morgan fingerprint density at radius 2 is 2.21 bits per heavy atom. The van der Waals surface area contributed by atoms with E-state index < -0.39 is 22.4 Å². The van der Waals surface area contributed by atoms with E-state index in [-0.39, 0.29) is 11.4 Å². The van der Waals surface area contributed by atoms with E-state index in [1.54, 1.807) is 26.8 Å². The van der Waals surface area contributed by atoms with E-state index in [0.717, 1.165) is 0 Å². The quantitative estimate of drug-likeness (QED) is 0.468. The Bertz CT molecular complexity index is 543. The van der Waals surface area contributed by atoms with E-state index in [4.69, 9.17) is 10.00 Å². The fourth-order valence-electron chi connectivity index (χ4n) is 1.37. The second kappa shape index (κ2) is 5.44. The minimum absolute atomic E-state index is 0.204. The molecule has 0 aliphatic heterocycles. The number of nitriles is 1. The molecule has 7 nitrogen and oxygen atoms in total. The Morgan fingerprint density at radius 1 is 1.58 bits per heavy atom. The second-order valence-electron chi connectivity index (χ2n) is 4.76. The van der Waals surface area contributed by atoms with Crippen molar-refractivity contribution in [1.82, 2.24) is 4.98 Å². The Morgan fingerprint density at radius 3 is 2.68 bits per heavy atom. The molecule has 0 aliphatic carbocycles. The summed E-state index contributed by atoms with van der Waals surface area (Å²) in [6.07, 6.45) is 1.29. The first-order valence-corrected chi connectivity index (χ1v) is 5.48. The molecular formula is C12H13N3O4. The average Bonchev–Trinajstić information content (AvgIpc) is 2.28. The van der Waals surface area contributed by atoms with Crippen LogP contribution >= 0.6 is 0 Å². The van der Waals surface area contributed by atoms with Gasteiger partial charge in [-0.1, -0.05) is 0 Å². The molecule has 0 radical (unpaired) electrons. The molecule has 0 unspecified atom stereocenters. The highest BCUT2D eigenvalue weighted by Crippen LogP contribution is 2.26. The molecule has 0 aromatic carbocycles. The summed E-state index contributed by atoms with van der Waals surface area (Å²) >= 11 is 0. The third kappa shape index (κ3) is 3.74. The van der Waals surface area contributed by atoms with Crippen LogP contribution in [0.2, 0.25) is 0 Å². The van der Waals surface area contributed by atoms with Crippen LogP contribution < -0.4 is 0 Å². The van der Waals surface area contributed by atoms with Gasteiger partial charge in [-0.15, -0.1) is 0 Å². The van der Waals surface area contributed by atoms with Gasteiger partial charge >= 0.3 is 5.97 Å². The van der Waals surface area contributed by atoms with Crippen molar-refractivity contribution in [3.05, 3.63) is 34.1 Å². The van der Waals surface area contributed by atoms with Gasteiger partial charge in [0.2, 0.25) is 0 Å². The smallest absolute Gasteiger partial charge is 0.330 e. The predicted molar refractivity (Wildman–Crippen MR) is 65.1 cm³/mol. The number of nitrogens with zero attached hydrogens (tertiary/aromatic N) is 3. The van der Waals surface area contributed by atoms with Gasteiger partial charge in [-0.3, -0.25) is 19.9 Å². The minimum Gasteiger partial charge on any atom is -0.459 e. The lowest BCUT2D eigenvalue weighted by molar-refractivity contribution is -0.386. The van der Waals surface area contributed by atoms with E-state index in [1.807, 2.05) is 0 Å². The van der Waals surface area contributed by atoms with Gasteiger partial charge in [0.25, 0.3) is 5.69 Å². The number of carbonyl (C=O) groups is 1. The van der Waals surface area contributed by atoms with Crippen molar-refractivity contribution in [3.63, 3.8) is 0 Å². The summed E-state index contributed by atoms with van der Waals surface area (Å²) in [5.74, 6) is -2.27. The number of rotatable bonds is 3. The van der Waals surface area contributed by atoms with Crippen LogP contribution in [0.1, 0.15) is 32.4 Å². The van der Waals surface area contributed by atoms with Crippen LogP contribution in [0.3, 0.4) is 0 Å². The SMILES string of the molecule is CC(C)(C)OC(=O)[C@H](C#N)c1ncccc1[N+](=O)[O-]. The third-order valence-electron chi connectivity index (χ3n) is 2.06. The highest BCUT2D eigenvalue weighted by molar-refractivity contribution is 5.82. The fraction of sp³-hybridized carbons (Fsp3) is 0.417. The molecule has 7 heteroatoms. The maximum atomic E-state index is 11.9. The van der Waals surface area contributed by atoms with Crippen molar-refractivity contribution < 1.29 is 14.5 Å². The van der Waals surface area contributed by atoms with Gasteiger partial charge in [0, 0.05) is 12.3 Å². The Balaban J connectivity index is 3.15. The summed E-state index contributed by atoms with van der Waals surface area (Å²) in [4.78, 5) is 25.8. The molecule has 0 N–H and O–H groups in total. The molecule has 100 valence electrons. The second-order valence-corrected chi connectivity index (χ2v) is 4.76. The van der Waals surface area contributed by atoms with Gasteiger partial charge in [0.1, 0.15) is 11.3 Å². The van der Waals surface area contributed by atoms with E-state index >= 15 is 0 Å². The molecular weight excluding hydrogens is 250 g/mol. The Labute approximate surface area is 110 Å². The van der Waals surface area contributed by atoms with E-state index in [9.17, 15) is 14.9 Å². The number of aromatic nitrogens is 1. The zero-order chi connectivity index (χ0) is 14.6. The standard InChI is InChI=1S/C12H13N3O4/c1-12(2,3)19-11(16)8(7-13)10-9(15(17)18)5-4-6-14-10/h4-6,8H,1-3H3/t8-/m1/s1. The molecule has 19 heavy (non-hydrogen) atoms. The lowest BCUT2D eigenvalue weighted by Gasteiger charge is -2.21.